The summed E-state index contributed by atoms with van der Waals surface area (Å²) >= 11 is 0. The van der Waals surface area contributed by atoms with Crippen molar-refractivity contribution in [1.82, 2.24) is 0 Å². The summed E-state index contributed by atoms with van der Waals surface area (Å²) in [7, 11) is 0. The maximum atomic E-state index is 11.4. The minimum absolute atomic E-state index is 0.619. The van der Waals surface area contributed by atoms with Gasteiger partial charge >= 0.3 is 11.9 Å². The highest BCUT2D eigenvalue weighted by Gasteiger charge is 2.25. The Labute approximate surface area is 108 Å². The van der Waals surface area contributed by atoms with Crippen LogP contribution in [-0.2, 0) is 14.4 Å². The number of hydrogen-bond acceptors (Lipinski definition) is 5. The Morgan fingerprint density at radius 2 is 1.84 bits per heavy atom. The molecule has 0 heterocycles. The average molecular weight is 264 g/mol. The molecule has 7 nitrogen and oxygen atoms in total. The molecule has 19 heavy (non-hydrogen) atoms. The van der Waals surface area contributed by atoms with E-state index in [1.807, 2.05) is 0 Å². The number of nitrogens with zero attached hydrogens (tertiary/aromatic N) is 1. The average Bonchev–Trinajstić information content (AvgIpc) is 2.34. The van der Waals surface area contributed by atoms with Crippen molar-refractivity contribution in [2.75, 3.05) is 5.43 Å². The fourth-order valence-corrected chi connectivity index (χ4v) is 1.24. The number of benzene rings is 1. The molecular weight excluding hydrogens is 252 g/mol. The number of ketones is 1. The molecule has 1 aromatic rings. The number of Topliss-reactive ketones (excluding diaryl/α,β-unsaturated/α-hetero) is 1. The van der Waals surface area contributed by atoms with Crippen LogP contribution in [0.4, 0.5) is 5.69 Å². The van der Waals surface area contributed by atoms with Crippen LogP contribution in [0, 0.1) is 5.92 Å². The zero-order chi connectivity index (χ0) is 14.3. The standard InChI is InChI=1S/C12H12N2O5/c15-10(6-11(16)17)9(12(18)19)7-13-14-8-4-2-1-3-5-8/h1-5,7,9,14H,6H2,(H,16,17)(H,18,19). The van der Waals surface area contributed by atoms with Gasteiger partial charge in [0.25, 0.3) is 0 Å². The lowest BCUT2D eigenvalue weighted by molar-refractivity contribution is -0.145. The molecule has 100 valence electrons. The van der Waals surface area contributed by atoms with Gasteiger partial charge in [0.2, 0.25) is 0 Å². The van der Waals surface area contributed by atoms with Gasteiger partial charge in [0, 0.05) is 6.21 Å². The fraction of sp³-hybridized carbons (Fsp3) is 0.167. The number of aliphatic carboxylic acids is 2. The first-order valence-electron chi connectivity index (χ1n) is 5.32. The number of hydrogen-bond donors (Lipinski definition) is 3. The molecule has 0 aromatic heterocycles. The SMILES string of the molecule is O=C(O)CC(=O)C(C=NNc1ccccc1)C(=O)O. The molecule has 0 aliphatic heterocycles. The Morgan fingerprint density at radius 3 is 2.37 bits per heavy atom. The van der Waals surface area contributed by atoms with E-state index in [4.69, 9.17) is 10.2 Å². The van der Waals surface area contributed by atoms with Gasteiger partial charge in [-0.25, -0.2) is 0 Å². The van der Waals surface area contributed by atoms with Gasteiger partial charge in [-0.3, -0.25) is 19.8 Å². The predicted octanol–water partition coefficient (Wildman–Crippen LogP) is 0.829. The van der Waals surface area contributed by atoms with E-state index in [2.05, 4.69) is 10.5 Å². The van der Waals surface area contributed by atoms with Crippen LogP contribution in [0.2, 0.25) is 0 Å². The van der Waals surface area contributed by atoms with Gasteiger partial charge in [-0.05, 0) is 12.1 Å². The normalized spacial score (nSPS) is 12.0. The smallest absolute Gasteiger partial charge is 0.319 e. The zero-order valence-electron chi connectivity index (χ0n) is 9.81. The minimum Gasteiger partial charge on any atom is -0.481 e. The topological polar surface area (TPSA) is 116 Å². The third-order valence-electron chi connectivity index (χ3n) is 2.13. The maximum Gasteiger partial charge on any atom is 0.319 e. The fourth-order valence-electron chi connectivity index (χ4n) is 1.24. The van der Waals surface area contributed by atoms with Crippen LogP contribution in [0.15, 0.2) is 35.4 Å². The molecule has 1 aromatic carbocycles. The molecule has 0 saturated heterocycles. The molecule has 7 heteroatoms. The van der Waals surface area contributed by atoms with Crippen molar-refractivity contribution in [2.24, 2.45) is 11.0 Å². The first-order valence-corrected chi connectivity index (χ1v) is 5.32. The summed E-state index contributed by atoms with van der Waals surface area (Å²) in [5.74, 6) is -5.32. The van der Waals surface area contributed by atoms with Gasteiger partial charge in [0.05, 0.1) is 5.69 Å². The van der Waals surface area contributed by atoms with Gasteiger partial charge in [0.1, 0.15) is 6.42 Å². The van der Waals surface area contributed by atoms with Crippen LogP contribution in [-0.4, -0.2) is 34.1 Å². The quantitative estimate of drug-likeness (QED) is 0.381. The van der Waals surface area contributed by atoms with Gasteiger partial charge in [-0.1, -0.05) is 18.2 Å². The molecule has 3 N–H and O–H groups in total. The largest absolute Gasteiger partial charge is 0.481 e. The summed E-state index contributed by atoms with van der Waals surface area (Å²) in [6.07, 6.45) is 0.0227. The number of carboxylic acid groups (broad SMARTS) is 2. The van der Waals surface area contributed by atoms with Crippen LogP contribution >= 0.6 is 0 Å². The van der Waals surface area contributed by atoms with E-state index in [9.17, 15) is 14.4 Å². The summed E-state index contributed by atoms with van der Waals surface area (Å²) in [5, 5.41) is 20.9. The van der Waals surface area contributed by atoms with Crippen molar-refractivity contribution in [1.29, 1.82) is 0 Å². The Bertz CT molecular complexity index is 498. The molecular formula is C12H12N2O5. The lowest BCUT2D eigenvalue weighted by atomic mass is 10.0. The monoisotopic (exact) mass is 264 g/mol. The Balaban J connectivity index is 2.66. The van der Waals surface area contributed by atoms with Crippen molar-refractivity contribution in [2.45, 2.75) is 6.42 Å². The Hall–Kier alpha value is -2.70. The van der Waals surface area contributed by atoms with E-state index in [1.54, 1.807) is 30.3 Å². The predicted molar refractivity (Wildman–Crippen MR) is 66.9 cm³/mol. The third-order valence-corrected chi connectivity index (χ3v) is 2.13. The molecule has 0 saturated carbocycles. The van der Waals surface area contributed by atoms with Crippen molar-refractivity contribution in [3.8, 4) is 0 Å². The zero-order valence-corrected chi connectivity index (χ0v) is 9.81. The molecule has 0 amide bonds. The van der Waals surface area contributed by atoms with Crippen molar-refractivity contribution < 1.29 is 24.6 Å². The van der Waals surface area contributed by atoms with Crippen LogP contribution in [0.3, 0.4) is 0 Å². The second-order valence-corrected chi connectivity index (χ2v) is 3.61. The lowest BCUT2D eigenvalue weighted by Crippen LogP contribution is -2.27. The molecule has 1 atom stereocenters. The van der Waals surface area contributed by atoms with E-state index < -0.39 is 30.1 Å². The molecule has 0 fully saturated rings. The maximum absolute atomic E-state index is 11.4. The molecule has 0 aliphatic carbocycles. The van der Waals surface area contributed by atoms with Gasteiger partial charge in [0.15, 0.2) is 11.7 Å². The Morgan fingerprint density at radius 1 is 1.21 bits per heavy atom. The summed E-state index contributed by atoms with van der Waals surface area (Å²) in [5.41, 5.74) is 3.16. The number of rotatable bonds is 7. The Kier molecular flexibility index (Phi) is 5.21. The van der Waals surface area contributed by atoms with Crippen molar-refractivity contribution in [3.05, 3.63) is 30.3 Å². The van der Waals surface area contributed by atoms with E-state index in [0.29, 0.717) is 5.69 Å². The van der Waals surface area contributed by atoms with E-state index in [-0.39, 0.29) is 0 Å². The second-order valence-electron chi connectivity index (χ2n) is 3.61. The summed E-state index contributed by atoms with van der Waals surface area (Å²) in [6, 6.07) is 8.70. The minimum atomic E-state index is -1.58. The highest BCUT2D eigenvalue weighted by atomic mass is 16.4. The van der Waals surface area contributed by atoms with E-state index in [1.165, 1.54) is 0 Å². The number of para-hydroxylation sites is 1. The first kappa shape index (κ1) is 14.4. The second kappa shape index (κ2) is 6.90. The molecule has 0 spiro atoms. The van der Waals surface area contributed by atoms with Crippen molar-refractivity contribution in [3.63, 3.8) is 0 Å². The number of carbonyl (C=O) groups excluding carboxylic acids is 1. The van der Waals surface area contributed by atoms with Crippen molar-refractivity contribution >= 4 is 29.6 Å². The summed E-state index contributed by atoms with van der Waals surface area (Å²) < 4.78 is 0. The van der Waals surface area contributed by atoms with Crippen LogP contribution in [0.1, 0.15) is 6.42 Å². The molecule has 0 radical (unpaired) electrons. The molecule has 1 rings (SSSR count). The van der Waals surface area contributed by atoms with Crippen LogP contribution in [0.5, 0.6) is 0 Å². The number of nitrogens with one attached hydrogen (secondary N) is 1. The molecule has 0 aliphatic rings. The van der Waals surface area contributed by atoms with Crippen LogP contribution < -0.4 is 5.43 Å². The number of carboxylic acids is 2. The van der Waals surface area contributed by atoms with Gasteiger partial charge < -0.3 is 10.2 Å². The summed E-state index contributed by atoms with van der Waals surface area (Å²) in [6.45, 7) is 0. The highest BCUT2D eigenvalue weighted by molar-refractivity contribution is 6.15. The molecule has 0 bridgehead atoms. The summed E-state index contributed by atoms with van der Waals surface area (Å²) in [4.78, 5) is 32.5. The van der Waals surface area contributed by atoms with E-state index in [0.717, 1.165) is 6.21 Å². The van der Waals surface area contributed by atoms with Gasteiger partial charge in [-0.15, -0.1) is 0 Å². The number of anilines is 1. The van der Waals surface area contributed by atoms with E-state index >= 15 is 0 Å². The number of hydrazone groups is 1. The third kappa shape index (κ3) is 4.99. The van der Waals surface area contributed by atoms with Crippen LogP contribution in [0.25, 0.3) is 0 Å². The highest BCUT2D eigenvalue weighted by Crippen LogP contribution is 2.05. The molecule has 1 unspecified atom stereocenters. The number of carbonyl (C=O) groups is 3. The lowest BCUT2D eigenvalue weighted by Gasteiger charge is -2.04. The van der Waals surface area contributed by atoms with Gasteiger partial charge in [-0.2, -0.15) is 5.10 Å². The first-order chi connectivity index (χ1) is 9.00.